The summed E-state index contributed by atoms with van der Waals surface area (Å²) in [5, 5.41) is 0. The minimum atomic E-state index is -0.0370. The van der Waals surface area contributed by atoms with E-state index in [9.17, 15) is 0 Å². The van der Waals surface area contributed by atoms with Crippen molar-refractivity contribution in [3.63, 3.8) is 0 Å². The van der Waals surface area contributed by atoms with Crippen LogP contribution in [-0.4, -0.2) is 13.3 Å². The highest BCUT2D eigenvalue weighted by molar-refractivity contribution is 5.80. The van der Waals surface area contributed by atoms with Crippen molar-refractivity contribution in [1.29, 1.82) is 0 Å². The number of allylic oxidation sites excluding steroid dienone is 2. The Morgan fingerprint density at radius 2 is 1.46 bits per heavy atom. The van der Waals surface area contributed by atoms with Crippen LogP contribution in [0.5, 0.6) is 11.5 Å². The Hall–Kier alpha value is -3.33. The highest BCUT2D eigenvalue weighted by atomic mass is 16.5. The minimum Gasteiger partial charge on any atom is -0.457 e. The van der Waals surface area contributed by atoms with E-state index in [2.05, 4.69) is 61.1 Å². The van der Waals surface area contributed by atoms with Crippen LogP contribution in [0.1, 0.15) is 19.4 Å². The number of anilines is 1. The molecule has 0 fully saturated rings. The lowest BCUT2D eigenvalue weighted by Crippen LogP contribution is -2.22. The van der Waals surface area contributed by atoms with Crippen molar-refractivity contribution in [3.8, 4) is 11.5 Å². The van der Waals surface area contributed by atoms with Gasteiger partial charge in [0.25, 0.3) is 0 Å². The van der Waals surface area contributed by atoms with Crippen LogP contribution in [0.2, 0.25) is 0 Å². The van der Waals surface area contributed by atoms with E-state index in [0.29, 0.717) is 0 Å². The first-order chi connectivity index (χ1) is 13.6. The van der Waals surface area contributed by atoms with Gasteiger partial charge in [0.2, 0.25) is 0 Å². The zero-order chi connectivity index (χ0) is 19.6. The van der Waals surface area contributed by atoms with Crippen LogP contribution in [0, 0.1) is 0 Å². The molecule has 1 heterocycles. The summed E-state index contributed by atoms with van der Waals surface area (Å²) in [6.45, 7) is 4.51. The summed E-state index contributed by atoms with van der Waals surface area (Å²) in [5.41, 5.74) is 4.70. The number of ether oxygens (including phenoxy) is 1. The average Bonchev–Trinajstić information content (AvgIpc) is 2.91. The molecule has 1 aliphatic heterocycles. The zero-order valence-electron chi connectivity index (χ0n) is 16.5. The standard InChI is InChI=1S/C25H24N2O/c1-25(2)22-11-7-8-12-23(22)27(3)24(25)17-18-26-19-13-15-21(16-14-19)28-20-9-5-4-6-10-20/h4-18H,1-3H3. The SMILES string of the molecule is CN1C(=CC=Nc2ccc(Oc3ccccc3)cc2)C(C)(C)c2ccccc21. The number of aliphatic imine (C=N–C) groups is 1. The Labute approximate surface area is 166 Å². The highest BCUT2D eigenvalue weighted by Crippen LogP contribution is 2.46. The third-order valence-corrected chi connectivity index (χ3v) is 5.21. The van der Waals surface area contributed by atoms with Crippen LogP contribution >= 0.6 is 0 Å². The second kappa shape index (κ2) is 7.35. The van der Waals surface area contributed by atoms with Gasteiger partial charge in [-0.3, -0.25) is 4.99 Å². The minimum absolute atomic E-state index is 0.0370. The van der Waals surface area contributed by atoms with Crippen molar-refractivity contribution >= 4 is 17.6 Å². The summed E-state index contributed by atoms with van der Waals surface area (Å²) in [4.78, 5) is 6.85. The predicted octanol–water partition coefficient (Wildman–Crippen LogP) is 6.49. The molecule has 0 bridgehead atoms. The predicted molar refractivity (Wildman–Crippen MR) is 117 cm³/mol. The van der Waals surface area contributed by atoms with Gasteiger partial charge in [0.15, 0.2) is 0 Å². The lowest BCUT2D eigenvalue weighted by molar-refractivity contribution is 0.483. The first-order valence-electron chi connectivity index (χ1n) is 9.47. The second-order valence-corrected chi connectivity index (χ2v) is 7.44. The molecule has 0 aliphatic carbocycles. The van der Waals surface area contributed by atoms with Crippen molar-refractivity contribution in [3.05, 3.63) is 96.2 Å². The van der Waals surface area contributed by atoms with Crippen molar-refractivity contribution in [2.24, 2.45) is 4.99 Å². The van der Waals surface area contributed by atoms with E-state index in [1.807, 2.05) is 60.8 Å². The van der Waals surface area contributed by atoms with Gasteiger partial charge in [-0.1, -0.05) is 50.2 Å². The summed E-state index contributed by atoms with van der Waals surface area (Å²) in [6, 6.07) is 26.1. The third kappa shape index (κ3) is 3.44. The van der Waals surface area contributed by atoms with Crippen LogP contribution in [0.25, 0.3) is 0 Å². The van der Waals surface area contributed by atoms with Crippen LogP contribution in [0.4, 0.5) is 11.4 Å². The summed E-state index contributed by atoms with van der Waals surface area (Å²) >= 11 is 0. The van der Waals surface area contributed by atoms with E-state index in [4.69, 9.17) is 4.74 Å². The molecule has 0 N–H and O–H groups in total. The molecule has 0 saturated carbocycles. The van der Waals surface area contributed by atoms with E-state index in [1.54, 1.807) is 0 Å². The smallest absolute Gasteiger partial charge is 0.127 e. The molecule has 0 radical (unpaired) electrons. The molecule has 0 saturated heterocycles. The number of fused-ring (bicyclic) bond motifs is 1. The van der Waals surface area contributed by atoms with Crippen molar-refractivity contribution in [2.75, 3.05) is 11.9 Å². The maximum absolute atomic E-state index is 5.83. The summed E-state index contributed by atoms with van der Waals surface area (Å²) in [6.07, 6.45) is 3.99. The first kappa shape index (κ1) is 18.1. The van der Waals surface area contributed by atoms with Crippen LogP contribution in [0.3, 0.4) is 0 Å². The molecular formula is C25H24N2O. The molecule has 0 aromatic heterocycles. The largest absolute Gasteiger partial charge is 0.457 e. The normalized spacial score (nSPS) is 16.5. The highest BCUT2D eigenvalue weighted by Gasteiger charge is 2.37. The second-order valence-electron chi connectivity index (χ2n) is 7.44. The molecule has 0 atom stereocenters. The Morgan fingerprint density at radius 3 is 2.18 bits per heavy atom. The molecule has 140 valence electrons. The van der Waals surface area contributed by atoms with E-state index >= 15 is 0 Å². The quantitative estimate of drug-likeness (QED) is 0.492. The molecule has 3 aromatic carbocycles. The Bertz CT molecular complexity index is 1020. The lowest BCUT2D eigenvalue weighted by Gasteiger charge is -2.23. The fourth-order valence-corrected chi connectivity index (χ4v) is 3.72. The number of rotatable bonds is 4. The van der Waals surface area contributed by atoms with Gasteiger partial charge >= 0.3 is 0 Å². The number of hydrogen-bond acceptors (Lipinski definition) is 3. The van der Waals surface area contributed by atoms with E-state index < -0.39 is 0 Å². The molecule has 0 amide bonds. The van der Waals surface area contributed by atoms with Crippen LogP contribution in [0.15, 0.2) is 95.6 Å². The topological polar surface area (TPSA) is 24.8 Å². The van der Waals surface area contributed by atoms with Gasteiger partial charge in [-0.05, 0) is 54.1 Å². The monoisotopic (exact) mass is 368 g/mol. The lowest BCUT2D eigenvalue weighted by atomic mass is 9.84. The zero-order valence-corrected chi connectivity index (χ0v) is 16.5. The fourth-order valence-electron chi connectivity index (χ4n) is 3.72. The summed E-state index contributed by atoms with van der Waals surface area (Å²) in [7, 11) is 2.11. The number of hydrogen-bond donors (Lipinski definition) is 0. The van der Waals surface area contributed by atoms with Crippen LogP contribution in [-0.2, 0) is 5.41 Å². The van der Waals surface area contributed by atoms with Gasteiger partial charge < -0.3 is 9.64 Å². The van der Waals surface area contributed by atoms with Crippen molar-refractivity contribution in [1.82, 2.24) is 0 Å². The van der Waals surface area contributed by atoms with Gasteiger partial charge in [-0.2, -0.15) is 0 Å². The average molecular weight is 368 g/mol. The number of benzene rings is 3. The van der Waals surface area contributed by atoms with Crippen molar-refractivity contribution in [2.45, 2.75) is 19.3 Å². The van der Waals surface area contributed by atoms with Crippen molar-refractivity contribution < 1.29 is 4.74 Å². The molecule has 3 nitrogen and oxygen atoms in total. The Morgan fingerprint density at radius 1 is 0.821 bits per heavy atom. The van der Waals surface area contributed by atoms with Gasteiger partial charge in [-0.15, -0.1) is 0 Å². The Kier molecular flexibility index (Phi) is 4.74. The van der Waals surface area contributed by atoms with Gasteiger partial charge in [0.1, 0.15) is 11.5 Å². The van der Waals surface area contributed by atoms with Gasteiger partial charge in [0, 0.05) is 30.1 Å². The first-order valence-corrected chi connectivity index (χ1v) is 9.47. The Balaban J connectivity index is 1.49. The molecule has 0 unspecified atom stereocenters. The maximum atomic E-state index is 5.83. The van der Waals surface area contributed by atoms with E-state index in [-0.39, 0.29) is 5.41 Å². The number of nitrogens with zero attached hydrogens (tertiary/aromatic N) is 2. The molecule has 3 aromatic rings. The summed E-state index contributed by atoms with van der Waals surface area (Å²) < 4.78 is 5.83. The maximum Gasteiger partial charge on any atom is 0.127 e. The summed E-state index contributed by atoms with van der Waals surface area (Å²) in [5.74, 6) is 1.63. The number of para-hydroxylation sites is 2. The van der Waals surface area contributed by atoms with E-state index in [1.165, 1.54) is 16.9 Å². The van der Waals surface area contributed by atoms with Crippen LogP contribution < -0.4 is 9.64 Å². The third-order valence-electron chi connectivity index (χ3n) is 5.21. The molecule has 3 heteroatoms. The fraction of sp³-hybridized carbons (Fsp3) is 0.160. The molecule has 28 heavy (non-hydrogen) atoms. The molecular weight excluding hydrogens is 344 g/mol. The van der Waals surface area contributed by atoms with Gasteiger partial charge in [-0.25, -0.2) is 0 Å². The number of likely N-dealkylation sites (N-methyl/N-ethyl adjacent to an activating group) is 1. The molecule has 4 rings (SSSR count). The molecule has 1 aliphatic rings. The molecule has 0 spiro atoms. The van der Waals surface area contributed by atoms with Gasteiger partial charge in [0.05, 0.1) is 5.69 Å². The van der Waals surface area contributed by atoms with E-state index in [0.717, 1.165) is 17.2 Å².